The molecule has 0 N–H and O–H groups in total. The van der Waals surface area contributed by atoms with Crippen LogP contribution in [0.25, 0.3) is 0 Å². The summed E-state index contributed by atoms with van der Waals surface area (Å²) in [6.07, 6.45) is -4.56. The van der Waals surface area contributed by atoms with Crippen LogP contribution >= 0.6 is 45.8 Å². The van der Waals surface area contributed by atoms with Gasteiger partial charge in [0.05, 0.1) is 3.57 Å². The average molecular weight is 343 g/mol. The first-order valence-electron chi connectivity index (χ1n) is 2.78. The van der Waals surface area contributed by atoms with E-state index in [-0.39, 0.29) is 8.72 Å². The fourth-order valence-electron chi connectivity index (χ4n) is 0.582. The van der Waals surface area contributed by atoms with Gasteiger partial charge in [-0.1, -0.05) is 11.6 Å². The second-order valence-corrected chi connectivity index (χ2v) is 3.72. The Bertz CT molecular complexity index is 341. The zero-order valence-electron chi connectivity index (χ0n) is 5.66. The number of halogens is 6. The van der Waals surface area contributed by atoms with Gasteiger partial charge in [0.15, 0.2) is 5.69 Å². The highest BCUT2D eigenvalue weighted by atomic mass is 127. The molecule has 1 rings (SSSR count). The molecule has 0 bridgehead atoms. The van der Waals surface area contributed by atoms with E-state index in [1.807, 2.05) is 0 Å². The maximum absolute atomic E-state index is 12.2. The SMILES string of the molecule is FC(F)(F)c1nc(Cl)nc(Cl)c1I. The first kappa shape index (κ1) is 11.3. The molecule has 1 heterocycles. The van der Waals surface area contributed by atoms with Gasteiger partial charge in [-0.05, 0) is 34.2 Å². The lowest BCUT2D eigenvalue weighted by Crippen LogP contribution is -2.12. The van der Waals surface area contributed by atoms with E-state index >= 15 is 0 Å². The summed E-state index contributed by atoms with van der Waals surface area (Å²) in [5.74, 6) is 0. The number of aromatic nitrogens is 2. The normalized spacial score (nSPS) is 11.8. The van der Waals surface area contributed by atoms with E-state index in [2.05, 4.69) is 9.97 Å². The van der Waals surface area contributed by atoms with Crippen LogP contribution in [0.3, 0.4) is 0 Å². The molecule has 0 saturated heterocycles. The molecule has 0 saturated carbocycles. The summed E-state index contributed by atoms with van der Waals surface area (Å²) in [6, 6.07) is 0. The van der Waals surface area contributed by atoms with E-state index in [1.54, 1.807) is 0 Å². The van der Waals surface area contributed by atoms with E-state index < -0.39 is 17.2 Å². The second kappa shape index (κ2) is 3.74. The van der Waals surface area contributed by atoms with Crippen LogP contribution in [0, 0.1) is 3.57 Å². The molecule has 0 unspecified atom stereocenters. The van der Waals surface area contributed by atoms with Crippen molar-refractivity contribution in [2.45, 2.75) is 6.18 Å². The summed E-state index contributed by atoms with van der Waals surface area (Å²) in [5, 5.41) is -0.814. The maximum atomic E-state index is 12.2. The quantitative estimate of drug-likeness (QED) is 0.410. The number of alkyl halides is 3. The number of hydrogen-bond acceptors (Lipinski definition) is 2. The average Bonchev–Trinajstić information content (AvgIpc) is 1.94. The molecule has 13 heavy (non-hydrogen) atoms. The molecule has 72 valence electrons. The van der Waals surface area contributed by atoms with Crippen LogP contribution in [0.4, 0.5) is 13.2 Å². The van der Waals surface area contributed by atoms with Crippen molar-refractivity contribution in [3.05, 3.63) is 19.7 Å². The van der Waals surface area contributed by atoms with Crippen LogP contribution in [-0.2, 0) is 6.18 Å². The van der Waals surface area contributed by atoms with Gasteiger partial charge in [-0.3, -0.25) is 0 Å². The van der Waals surface area contributed by atoms with Gasteiger partial charge in [0.2, 0.25) is 5.28 Å². The van der Waals surface area contributed by atoms with Crippen molar-refractivity contribution in [3.63, 3.8) is 0 Å². The van der Waals surface area contributed by atoms with Crippen LogP contribution in [0.2, 0.25) is 10.4 Å². The molecule has 0 aliphatic heterocycles. The molecule has 2 nitrogen and oxygen atoms in total. The van der Waals surface area contributed by atoms with Gasteiger partial charge in [0.1, 0.15) is 5.15 Å². The molecular formula is C5Cl2F3IN2. The minimum absolute atomic E-state index is 0.254. The Morgan fingerprint density at radius 3 is 2.15 bits per heavy atom. The summed E-state index contributed by atoms with van der Waals surface area (Å²) in [6.45, 7) is 0. The van der Waals surface area contributed by atoms with Gasteiger partial charge in [0, 0.05) is 0 Å². The first-order chi connectivity index (χ1) is 5.82. The van der Waals surface area contributed by atoms with Gasteiger partial charge >= 0.3 is 6.18 Å². The highest BCUT2D eigenvalue weighted by Crippen LogP contribution is 2.34. The van der Waals surface area contributed by atoms with Crippen molar-refractivity contribution in [3.8, 4) is 0 Å². The Hall–Kier alpha value is 0.180. The van der Waals surface area contributed by atoms with Crippen LogP contribution in [0.15, 0.2) is 0 Å². The summed E-state index contributed by atoms with van der Waals surface area (Å²) in [5.41, 5.74) is -1.11. The van der Waals surface area contributed by atoms with E-state index in [9.17, 15) is 13.2 Å². The molecular weight excluding hydrogens is 343 g/mol. The molecule has 0 aromatic carbocycles. The lowest BCUT2D eigenvalue weighted by molar-refractivity contribution is -0.142. The molecule has 1 aromatic rings. The van der Waals surface area contributed by atoms with Gasteiger partial charge in [-0.25, -0.2) is 9.97 Å². The Balaban J connectivity index is 3.37. The predicted molar refractivity (Wildman–Crippen MR) is 49.8 cm³/mol. The largest absolute Gasteiger partial charge is 0.434 e. The van der Waals surface area contributed by atoms with Crippen LogP contribution < -0.4 is 0 Å². The van der Waals surface area contributed by atoms with Crippen LogP contribution in [0.1, 0.15) is 5.69 Å². The lowest BCUT2D eigenvalue weighted by atomic mass is 10.4. The van der Waals surface area contributed by atoms with E-state index in [0.29, 0.717) is 0 Å². The Labute approximate surface area is 94.6 Å². The van der Waals surface area contributed by atoms with Gasteiger partial charge in [-0.15, -0.1) is 0 Å². The zero-order valence-corrected chi connectivity index (χ0v) is 9.33. The Kier molecular flexibility index (Phi) is 3.24. The number of hydrogen-bond donors (Lipinski definition) is 0. The van der Waals surface area contributed by atoms with Gasteiger partial charge in [0.25, 0.3) is 0 Å². The number of nitrogens with zero attached hydrogens (tertiary/aromatic N) is 2. The third-order valence-corrected chi connectivity index (χ3v) is 2.84. The first-order valence-corrected chi connectivity index (χ1v) is 4.61. The summed E-state index contributed by atoms with van der Waals surface area (Å²) < 4.78 is 36.3. The molecule has 0 aliphatic carbocycles. The zero-order chi connectivity index (χ0) is 10.2. The molecule has 0 radical (unpaired) electrons. The molecule has 0 aliphatic rings. The third-order valence-electron chi connectivity index (χ3n) is 1.05. The fourth-order valence-corrected chi connectivity index (χ4v) is 1.51. The van der Waals surface area contributed by atoms with Crippen molar-refractivity contribution in [2.24, 2.45) is 0 Å². The minimum Gasteiger partial charge on any atom is -0.212 e. The lowest BCUT2D eigenvalue weighted by Gasteiger charge is -2.08. The minimum atomic E-state index is -4.56. The smallest absolute Gasteiger partial charge is 0.212 e. The second-order valence-electron chi connectivity index (χ2n) is 1.94. The van der Waals surface area contributed by atoms with Gasteiger partial charge < -0.3 is 0 Å². The Morgan fingerprint density at radius 2 is 1.69 bits per heavy atom. The summed E-state index contributed by atoms with van der Waals surface area (Å²) in [7, 11) is 0. The van der Waals surface area contributed by atoms with Crippen LogP contribution in [0.5, 0.6) is 0 Å². The topological polar surface area (TPSA) is 25.8 Å². The molecule has 0 spiro atoms. The van der Waals surface area contributed by atoms with Crippen molar-refractivity contribution in [1.29, 1.82) is 0 Å². The summed E-state index contributed by atoms with van der Waals surface area (Å²) >= 11 is 12.0. The maximum Gasteiger partial charge on any atom is 0.434 e. The molecule has 0 amide bonds. The highest BCUT2D eigenvalue weighted by molar-refractivity contribution is 14.1. The van der Waals surface area contributed by atoms with Crippen molar-refractivity contribution >= 4 is 45.8 Å². The summed E-state index contributed by atoms with van der Waals surface area (Å²) in [4.78, 5) is 6.40. The third kappa shape index (κ3) is 2.57. The van der Waals surface area contributed by atoms with Gasteiger partial charge in [-0.2, -0.15) is 13.2 Å². The monoisotopic (exact) mass is 342 g/mol. The molecule has 1 aromatic heterocycles. The van der Waals surface area contributed by atoms with Crippen LogP contribution in [-0.4, -0.2) is 9.97 Å². The van der Waals surface area contributed by atoms with E-state index in [1.165, 1.54) is 22.6 Å². The van der Waals surface area contributed by atoms with E-state index in [4.69, 9.17) is 23.2 Å². The molecule has 8 heteroatoms. The predicted octanol–water partition coefficient (Wildman–Crippen LogP) is 3.41. The highest BCUT2D eigenvalue weighted by Gasteiger charge is 2.36. The molecule has 0 fully saturated rings. The molecule has 0 atom stereocenters. The van der Waals surface area contributed by atoms with Crippen molar-refractivity contribution in [1.82, 2.24) is 9.97 Å². The fraction of sp³-hybridized carbons (Fsp3) is 0.200. The van der Waals surface area contributed by atoms with Crippen molar-refractivity contribution < 1.29 is 13.2 Å². The standard InChI is InChI=1S/C5Cl2F3IN2/c6-3-1(11)2(5(8,9)10)12-4(7)13-3. The number of rotatable bonds is 0. The van der Waals surface area contributed by atoms with Crippen molar-refractivity contribution in [2.75, 3.05) is 0 Å². The Morgan fingerprint density at radius 1 is 1.15 bits per heavy atom. The van der Waals surface area contributed by atoms with E-state index in [0.717, 1.165) is 0 Å².